The molecule has 0 fully saturated rings. The monoisotopic (exact) mass is 288 g/mol. The first kappa shape index (κ1) is 14.7. The summed E-state index contributed by atoms with van der Waals surface area (Å²) in [5.74, 6) is 0.218. The van der Waals surface area contributed by atoms with Crippen molar-refractivity contribution in [2.45, 2.75) is 6.04 Å². The zero-order chi connectivity index (χ0) is 15.2. The van der Waals surface area contributed by atoms with Crippen LogP contribution in [0.1, 0.15) is 11.6 Å². The molecular weight excluding hydrogens is 272 g/mol. The third-order valence-electron chi connectivity index (χ3n) is 2.77. The van der Waals surface area contributed by atoms with E-state index in [1.165, 1.54) is 20.3 Å². The summed E-state index contributed by atoms with van der Waals surface area (Å²) in [6.45, 7) is 0. The minimum Gasteiger partial charge on any atom is -0.481 e. The number of hydrogen-bond acceptors (Lipinski definition) is 6. The maximum atomic E-state index is 12.1. The second kappa shape index (κ2) is 6.67. The summed E-state index contributed by atoms with van der Waals surface area (Å²) in [7, 11) is 2.92. The number of rotatable bonds is 5. The van der Waals surface area contributed by atoms with Crippen molar-refractivity contribution in [3.05, 3.63) is 42.0 Å². The van der Waals surface area contributed by atoms with Crippen LogP contribution in [-0.2, 0) is 4.79 Å². The van der Waals surface area contributed by atoms with Gasteiger partial charge in [0, 0.05) is 0 Å². The fraction of sp³-hybridized carbons (Fsp3) is 0.214. The number of carbonyl (C=O) groups excluding carboxylic acids is 1. The normalized spacial score (nSPS) is 11.6. The van der Waals surface area contributed by atoms with Crippen LogP contribution in [0.15, 0.2) is 36.4 Å². The van der Waals surface area contributed by atoms with Crippen molar-refractivity contribution in [2.75, 3.05) is 19.5 Å². The standard InChI is InChI=1S/C14H16N4O3/c1-20-10-8-11(21-2)17-14(16-10)18-13(19)12(15)9-6-4-3-5-7-9/h3-8,12H,15H2,1-2H3,(H,16,17,18,19)/t12-/m1/s1. The average molecular weight is 288 g/mol. The molecule has 1 atom stereocenters. The Morgan fingerprint density at radius 3 is 2.24 bits per heavy atom. The summed E-state index contributed by atoms with van der Waals surface area (Å²) in [6.07, 6.45) is 0. The predicted octanol–water partition coefficient (Wildman–Crippen LogP) is 1.13. The van der Waals surface area contributed by atoms with Gasteiger partial charge in [-0.05, 0) is 5.56 Å². The highest BCUT2D eigenvalue weighted by atomic mass is 16.5. The van der Waals surface area contributed by atoms with Gasteiger partial charge < -0.3 is 15.2 Å². The van der Waals surface area contributed by atoms with Crippen molar-refractivity contribution >= 4 is 11.9 Å². The Labute approximate surface area is 122 Å². The van der Waals surface area contributed by atoms with E-state index in [-0.39, 0.29) is 17.7 Å². The van der Waals surface area contributed by atoms with Gasteiger partial charge in [0.1, 0.15) is 6.04 Å². The number of anilines is 1. The van der Waals surface area contributed by atoms with Crippen LogP contribution in [0.4, 0.5) is 5.95 Å². The number of aromatic nitrogens is 2. The van der Waals surface area contributed by atoms with E-state index in [9.17, 15) is 4.79 Å². The summed E-state index contributed by atoms with van der Waals surface area (Å²) < 4.78 is 10.0. The molecule has 110 valence electrons. The topological polar surface area (TPSA) is 99.4 Å². The summed E-state index contributed by atoms with van der Waals surface area (Å²) in [4.78, 5) is 20.1. The molecule has 0 aliphatic rings. The molecule has 0 radical (unpaired) electrons. The number of benzene rings is 1. The fourth-order valence-electron chi connectivity index (χ4n) is 1.67. The van der Waals surface area contributed by atoms with Gasteiger partial charge in [-0.3, -0.25) is 10.1 Å². The number of nitrogens with zero attached hydrogens (tertiary/aromatic N) is 2. The lowest BCUT2D eigenvalue weighted by molar-refractivity contribution is -0.117. The first-order valence-electron chi connectivity index (χ1n) is 6.22. The quantitative estimate of drug-likeness (QED) is 0.855. The van der Waals surface area contributed by atoms with E-state index in [4.69, 9.17) is 15.2 Å². The Bertz CT molecular complexity index is 597. The van der Waals surface area contributed by atoms with Crippen molar-refractivity contribution in [3.8, 4) is 11.8 Å². The van der Waals surface area contributed by atoms with Gasteiger partial charge in [-0.15, -0.1) is 0 Å². The highest BCUT2D eigenvalue weighted by Crippen LogP contribution is 2.18. The Balaban J connectivity index is 2.16. The summed E-state index contributed by atoms with van der Waals surface area (Å²) in [5.41, 5.74) is 6.60. The molecule has 2 rings (SSSR count). The molecule has 1 amide bonds. The minimum absolute atomic E-state index is 0.0718. The Kier molecular flexibility index (Phi) is 4.68. The van der Waals surface area contributed by atoms with Crippen molar-refractivity contribution < 1.29 is 14.3 Å². The molecule has 0 unspecified atom stereocenters. The zero-order valence-corrected chi connectivity index (χ0v) is 11.7. The van der Waals surface area contributed by atoms with Crippen LogP contribution in [0.5, 0.6) is 11.8 Å². The third kappa shape index (κ3) is 3.67. The number of ether oxygens (including phenoxy) is 2. The van der Waals surface area contributed by atoms with Gasteiger partial charge in [0.05, 0.1) is 20.3 Å². The lowest BCUT2D eigenvalue weighted by atomic mass is 10.1. The zero-order valence-electron chi connectivity index (χ0n) is 11.7. The second-order valence-corrected chi connectivity index (χ2v) is 4.15. The van der Waals surface area contributed by atoms with E-state index < -0.39 is 11.9 Å². The Morgan fingerprint density at radius 1 is 1.14 bits per heavy atom. The van der Waals surface area contributed by atoms with Crippen LogP contribution in [0, 0.1) is 0 Å². The fourth-order valence-corrected chi connectivity index (χ4v) is 1.67. The third-order valence-corrected chi connectivity index (χ3v) is 2.77. The Hall–Kier alpha value is -2.67. The molecule has 21 heavy (non-hydrogen) atoms. The maximum Gasteiger partial charge on any atom is 0.248 e. The second-order valence-electron chi connectivity index (χ2n) is 4.15. The van der Waals surface area contributed by atoms with Crippen LogP contribution >= 0.6 is 0 Å². The lowest BCUT2D eigenvalue weighted by Crippen LogP contribution is -2.28. The van der Waals surface area contributed by atoms with Gasteiger partial charge in [0.25, 0.3) is 0 Å². The minimum atomic E-state index is -0.813. The largest absolute Gasteiger partial charge is 0.481 e. The Morgan fingerprint density at radius 2 is 1.71 bits per heavy atom. The maximum absolute atomic E-state index is 12.1. The molecule has 0 saturated carbocycles. The van der Waals surface area contributed by atoms with E-state index in [1.54, 1.807) is 12.1 Å². The van der Waals surface area contributed by atoms with E-state index in [2.05, 4.69) is 15.3 Å². The van der Waals surface area contributed by atoms with Crippen LogP contribution < -0.4 is 20.5 Å². The van der Waals surface area contributed by atoms with E-state index >= 15 is 0 Å². The van der Waals surface area contributed by atoms with Crippen molar-refractivity contribution in [1.82, 2.24) is 9.97 Å². The molecule has 0 bridgehead atoms. The number of nitrogens with two attached hydrogens (primary N) is 1. The number of nitrogens with one attached hydrogen (secondary N) is 1. The van der Waals surface area contributed by atoms with Gasteiger partial charge in [-0.1, -0.05) is 30.3 Å². The molecule has 7 heteroatoms. The first-order valence-corrected chi connectivity index (χ1v) is 6.22. The van der Waals surface area contributed by atoms with Crippen LogP contribution in [0.2, 0.25) is 0 Å². The molecular formula is C14H16N4O3. The van der Waals surface area contributed by atoms with Gasteiger partial charge >= 0.3 is 0 Å². The number of methoxy groups -OCH3 is 2. The number of hydrogen-bond donors (Lipinski definition) is 2. The summed E-state index contributed by atoms with van der Waals surface area (Å²) >= 11 is 0. The van der Waals surface area contributed by atoms with E-state index in [0.717, 1.165) is 0 Å². The molecule has 2 aromatic rings. The smallest absolute Gasteiger partial charge is 0.248 e. The predicted molar refractivity (Wildman–Crippen MR) is 77.1 cm³/mol. The van der Waals surface area contributed by atoms with Crippen LogP contribution in [-0.4, -0.2) is 30.1 Å². The van der Waals surface area contributed by atoms with E-state index in [1.807, 2.05) is 18.2 Å². The van der Waals surface area contributed by atoms with E-state index in [0.29, 0.717) is 5.56 Å². The highest BCUT2D eigenvalue weighted by Gasteiger charge is 2.17. The van der Waals surface area contributed by atoms with Gasteiger partial charge in [0.2, 0.25) is 23.6 Å². The number of carbonyl (C=O) groups is 1. The molecule has 0 saturated heterocycles. The van der Waals surface area contributed by atoms with Crippen molar-refractivity contribution in [1.29, 1.82) is 0 Å². The molecule has 0 aliphatic heterocycles. The van der Waals surface area contributed by atoms with Crippen molar-refractivity contribution in [2.24, 2.45) is 5.73 Å². The molecule has 7 nitrogen and oxygen atoms in total. The van der Waals surface area contributed by atoms with Crippen LogP contribution in [0.25, 0.3) is 0 Å². The van der Waals surface area contributed by atoms with Gasteiger partial charge in [0.15, 0.2) is 0 Å². The SMILES string of the molecule is COc1cc(OC)nc(NC(=O)[C@H](N)c2ccccc2)n1. The van der Waals surface area contributed by atoms with Crippen LogP contribution in [0.3, 0.4) is 0 Å². The molecule has 3 N–H and O–H groups in total. The molecule has 1 heterocycles. The highest BCUT2D eigenvalue weighted by molar-refractivity contribution is 5.94. The van der Waals surface area contributed by atoms with Crippen molar-refractivity contribution in [3.63, 3.8) is 0 Å². The molecule has 0 spiro atoms. The van der Waals surface area contributed by atoms with Gasteiger partial charge in [-0.25, -0.2) is 0 Å². The molecule has 0 aliphatic carbocycles. The number of amides is 1. The average Bonchev–Trinajstić information content (AvgIpc) is 2.54. The lowest BCUT2D eigenvalue weighted by Gasteiger charge is -2.12. The van der Waals surface area contributed by atoms with Gasteiger partial charge in [-0.2, -0.15) is 9.97 Å². The summed E-state index contributed by atoms with van der Waals surface area (Å²) in [5, 5.41) is 2.54. The summed E-state index contributed by atoms with van der Waals surface area (Å²) in [6, 6.07) is 9.72. The molecule has 1 aromatic heterocycles. The molecule has 1 aromatic carbocycles. The first-order chi connectivity index (χ1) is 10.1.